The van der Waals surface area contributed by atoms with Crippen LogP contribution in [0.2, 0.25) is 0 Å². The van der Waals surface area contributed by atoms with Crippen LogP contribution in [-0.4, -0.2) is 23.1 Å². The Morgan fingerprint density at radius 2 is 2.00 bits per heavy atom. The van der Waals surface area contributed by atoms with Gasteiger partial charge in [-0.05, 0) is 43.7 Å². The SMILES string of the molecule is CC1CCC(NC(=O)C[C@H]2Sc3ccccc3NC2=O)CC1. The van der Waals surface area contributed by atoms with Crippen LogP contribution in [0, 0.1) is 5.92 Å². The van der Waals surface area contributed by atoms with Crippen LogP contribution < -0.4 is 10.6 Å². The zero-order valence-corrected chi connectivity index (χ0v) is 13.6. The number of nitrogens with one attached hydrogen (secondary N) is 2. The first-order valence-corrected chi connectivity index (χ1v) is 8.85. The summed E-state index contributed by atoms with van der Waals surface area (Å²) in [6, 6.07) is 8.00. The minimum atomic E-state index is -0.336. The fraction of sp³-hybridized carbons (Fsp3) is 0.529. The minimum absolute atomic E-state index is 0.00779. The molecule has 1 aromatic rings. The van der Waals surface area contributed by atoms with Gasteiger partial charge in [-0.15, -0.1) is 11.8 Å². The summed E-state index contributed by atoms with van der Waals surface area (Å²) in [5.74, 6) is 0.687. The third kappa shape index (κ3) is 3.64. The molecule has 2 aliphatic rings. The standard InChI is InChI=1S/C17H22N2O2S/c1-11-6-8-12(9-7-11)18-16(20)10-15-17(21)19-13-4-2-3-5-14(13)22-15/h2-5,11-12,15H,6-10H2,1H3,(H,18,20)(H,19,21)/t11?,12?,15-/m1/s1. The Balaban J connectivity index is 1.54. The van der Waals surface area contributed by atoms with Gasteiger partial charge in [0, 0.05) is 17.4 Å². The molecule has 22 heavy (non-hydrogen) atoms. The molecule has 2 N–H and O–H groups in total. The highest BCUT2D eigenvalue weighted by atomic mass is 32.2. The molecule has 1 aliphatic heterocycles. The van der Waals surface area contributed by atoms with E-state index < -0.39 is 0 Å². The fourth-order valence-corrected chi connectivity index (χ4v) is 4.20. The number of carbonyl (C=O) groups excluding carboxylic acids is 2. The van der Waals surface area contributed by atoms with Gasteiger partial charge in [0.2, 0.25) is 11.8 Å². The molecular formula is C17H22N2O2S. The number of amides is 2. The fourth-order valence-electron chi connectivity index (χ4n) is 3.09. The lowest BCUT2D eigenvalue weighted by atomic mass is 9.87. The van der Waals surface area contributed by atoms with Crippen LogP contribution in [0.25, 0.3) is 0 Å². The molecule has 0 aromatic heterocycles. The van der Waals surface area contributed by atoms with Gasteiger partial charge in [0.15, 0.2) is 0 Å². The average molecular weight is 318 g/mol. The first kappa shape index (κ1) is 15.4. The molecule has 0 radical (unpaired) electrons. The van der Waals surface area contributed by atoms with Gasteiger partial charge in [0.05, 0.1) is 10.9 Å². The highest BCUT2D eigenvalue weighted by Gasteiger charge is 2.29. The molecule has 4 nitrogen and oxygen atoms in total. The summed E-state index contributed by atoms with van der Waals surface area (Å²) >= 11 is 1.48. The lowest BCUT2D eigenvalue weighted by Gasteiger charge is -2.28. The molecule has 1 aromatic carbocycles. The number of fused-ring (bicyclic) bond motifs is 1. The maximum Gasteiger partial charge on any atom is 0.238 e. The van der Waals surface area contributed by atoms with Gasteiger partial charge < -0.3 is 10.6 Å². The van der Waals surface area contributed by atoms with E-state index in [0.29, 0.717) is 0 Å². The zero-order chi connectivity index (χ0) is 15.5. The second-order valence-electron chi connectivity index (χ2n) is 6.32. The van der Waals surface area contributed by atoms with Gasteiger partial charge in [-0.25, -0.2) is 0 Å². The number of carbonyl (C=O) groups is 2. The molecule has 3 rings (SSSR count). The number of rotatable bonds is 3. The van der Waals surface area contributed by atoms with Crippen molar-refractivity contribution in [2.45, 2.75) is 55.2 Å². The lowest BCUT2D eigenvalue weighted by molar-refractivity contribution is -0.124. The Morgan fingerprint density at radius 3 is 2.77 bits per heavy atom. The van der Waals surface area contributed by atoms with E-state index in [1.54, 1.807) is 0 Å². The van der Waals surface area contributed by atoms with Crippen LogP contribution in [0.15, 0.2) is 29.2 Å². The third-order valence-corrected chi connectivity index (χ3v) is 5.73. The van der Waals surface area contributed by atoms with Gasteiger partial charge >= 0.3 is 0 Å². The second kappa shape index (κ2) is 6.73. The number of hydrogen-bond acceptors (Lipinski definition) is 3. The van der Waals surface area contributed by atoms with Crippen LogP contribution in [0.3, 0.4) is 0 Å². The highest BCUT2D eigenvalue weighted by molar-refractivity contribution is 8.01. The summed E-state index contributed by atoms with van der Waals surface area (Å²) in [7, 11) is 0. The van der Waals surface area contributed by atoms with Crippen molar-refractivity contribution in [2.75, 3.05) is 5.32 Å². The summed E-state index contributed by atoms with van der Waals surface area (Å²) in [6.45, 7) is 2.26. The molecule has 0 spiro atoms. The second-order valence-corrected chi connectivity index (χ2v) is 7.56. The van der Waals surface area contributed by atoms with E-state index in [2.05, 4.69) is 17.6 Å². The molecule has 2 amide bonds. The van der Waals surface area contributed by atoms with Gasteiger partial charge in [0.25, 0.3) is 0 Å². The molecule has 0 unspecified atom stereocenters. The van der Waals surface area contributed by atoms with E-state index in [4.69, 9.17) is 0 Å². The van der Waals surface area contributed by atoms with Crippen LogP contribution >= 0.6 is 11.8 Å². The summed E-state index contributed by atoms with van der Waals surface area (Å²) in [5, 5.41) is 5.65. The highest BCUT2D eigenvalue weighted by Crippen LogP contribution is 2.36. The van der Waals surface area contributed by atoms with Crippen LogP contribution in [0.1, 0.15) is 39.0 Å². The Bertz CT molecular complexity index is 568. The number of benzene rings is 1. The number of thioether (sulfide) groups is 1. The minimum Gasteiger partial charge on any atom is -0.353 e. The van der Waals surface area contributed by atoms with Crippen molar-refractivity contribution >= 4 is 29.3 Å². The molecule has 1 saturated carbocycles. The quantitative estimate of drug-likeness (QED) is 0.900. The van der Waals surface area contributed by atoms with Gasteiger partial charge in [-0.1, -0.05) is 19.1 Å². The summed E-state index contributed by atoms with van der Waals surface area (Å²) in [6.07, 6.45) is 4.71. The van der Waals surface area contributed by atoms with Crippen LogP contribution in [-0.2, 0) is 9.59 Å². The van der Waals surface area contributed by atoms with Crippen molar-refractivity contribution in [1.82, 2.24) is 5.32 Å². The molecular weight excluding hydrogens is 296 g/mol. The zero-order valence-electron chi connectivity index (χ0n) is 12.8. The Hall–Kier alpha value is -1.49. The molecule has 118 valence electrons. The third-order valence-electron chi connectivity index (χ3n) is 4.46. The number of anilines is 1. The number of hydrogen-bond donors (Lipinski definition) is 2. The van der Waals surface area contributed by atoms with Gasteiger partial charge in [0.1, 0.15) is 0 Å². The van der Waals surface area contributed by atoms with Crippen molar-refractivity contribution < 1.29 is 9.59 Å². The topological polar surface area (TPSA) is 58.2 Å². The Labute approximate surface area is 135 Å². The van der Waals surface area contributed by atoms with E-state index in [1.807, 2.05) is 24.3 Å². The molecule has 1 aliphatic carbocycles. The predicted octanol–water partition coefficient (Wildman–Crippen LogP) is 3.18. The largest absolute Gasteiger partial charge is 0.353 e. The molecule has 0 saturated heterocycles. The maximum atomic E-state index is 12.2. The molecule has 1 fully saturated rings. The summed E-state index contributed by atoms with van der Waals surface area (Å²) < 4.78 is 0. The van der Waals surface area contributed by atoms with Crippen molar-refractivity contribution in [3.63, 3.8) is 0 Å². The van der Waals surface area contributed by atoms with E-state index in [9.17, 15) is 9.59 Å². The first-order chi connectivity index (χ1) is 10.6. The Kier molecular flexibility index (Phi) is 4.71. The van der Waals surface area contributed by atoms with Crippen molar-refractivity contribution in [3.05, 3.63) is 24.3 Å². The smallest absolute Gasteiger partial charge is 0.238 e. The monoisotopic (exact) mass is 318 g/mol. The lowest BCUT2D eigenvalue weighted by Crippen LogP contribution is -2.40. The molecule has 1 atom stereocenters. The molecule has 1 heterocycles. The molecule has 0 bridgehead atoms. The van der Waals surface area contributed by atoms with Crippen LogP contribution in [0.4, 0.5) is 5.69 Å². The Morgan fingerprint density at radius 1 is 1.27 bits per heavy atom. The van der Waals surface area contributed by atoms with Gasteiger partial charge in [-0.3, -0.25) is 9.59 Å². The van der Waals surface area contributed by atoms with E-state index >= 15 is 0 Å². The summed E-state index contributed by atoms with van der Waals surface area (Å²) in [5.41, 5.74) is 0.843. The first-order valence-electron chi connectivity index (χ1n) is 7.97. The van der Waals surface area contributed by atoms with Crippen LogP contribution in [0.5, 0.6) is 0 Å². The average Bonchev–Trinajstić information content (AvgIpc) is 2.50. The van der Waals surface area contributed by atoms with E-state index in [0.717, 1.165) is 29.3 Å². The number of para-hydroxylation sites is 1. The summed E-state index contributed by atoms with van der Waals surface area (Å²) in [4.78, 5) is 25.4. The maximum absolute atomic E-state index is 12.2. The van der Waals surface area contributed by atoms with Gasteiger partial charge in [-0.2, -0.15) is 0 Å². The molecule has 5 heteroatoms. The van der Waals surface area contributed by atoms with E-state index in [1.165, 1.54) is 24.6 Å². The van der Waals surface area contributed by atoms with E-state index in [-0.39, 0.29) is 29.5 Å². The van der Waals surface area contributed by atoms with Crippen molar-refractivity contribution in [3.8, 4) is 0 Å². The van der Waals surface area contributed by atoms with Crippen molar-refractivity contribution in [1.29, 1.82) is 0 Å². The van der Waals surface area contributed by atoms with Crippen molar-refractivity contribution in [2.24, 2.45) is 5.92 Å². The normalized spacial score (nSPS) is 27.7. The predicted molar refractivity (Wildman–Crippen MR) is 88.9 cm³/mol.